The zero-order chi connectivity index (χ0) is 20.1. The summed E-state index contributed by atoms with van der Waals surface area (Å²) in [5.74, 6) is 0.922. The van der Waals surface area contributed by atoms with Crippen LogP contribution >= 0.6 is 11.3 Å². The molecule has 0 bridgehead atoms. The molecule has 0 saturated carbocycles. The molecule has 2 aromatic carbocycles. The van der Waals surface area contributed by atoms with E-state index in [0.29, 0.717) is 5.58 Å². The molecule has 4 aromatic rings. The molecular formula is C18H13ClN2O6S. The van der Waals surface area contributed by atoms with Crippen LogP contribution in [-0.4, -0.2) is 5.11 Å². The van der Waals surface area contributed by atoms with Crippen LogP contribution in [0.2, 0.25) is 0 Å². The Bertz CT molecular complexity index is 1120. The molecule has 0 aliphatic rings. The minimum absolute atomic E-state index is 0.187. The number of hydrogen-bond donors (Lipinski definition) is 1. The van der Waals surface area contributed by atoms with Crippen LogP contribution in [0.25, 0.3) is 22.3 Å². The molecule has 0 fully saturated rings. The lowest BCUT2D eigenvalue weighted by molar-refractivity contribution is -2.00. The Labute approximate surface area is 164 Å². The van der Waals surface area contributed by atoms with Crippen molar-refractivity contribution in [3.8, 4) is 17.1 Å². The van der Waals surface area contributed by atoms with Gasteiger partial charge in [0.1, 0.15) is 17.1 Å². The largest absolute Gasteiger partial charge is 0.508 e. The first-order chi connectivity index (χ1) is 13.3. The monoisotopic (exact) mass is 420 g/mol. The highest BCUT2D eigenvalue weighted by Crippen LogP contribution is 2.24. The molecule has 0 amide bonds. The van der Waals surface area contributed by atoms with Crippen LogP contribution < -0.4 is 29.0 Å². The van der Waals surface area contributed by atoms with Crippen molar-refractivity contribution in [2.45, 2.75) is 0 Å². The van der Waals surface area contributed by atoms with E-state index in [-0.39, 0.29) is 5.75 Å². The number of rotatable bonds is 2. The van der Waals surface area contributed by atoms with E-state index in [1.165, 1.54) is 11.3 Å². The highest BCUT2D eigenvalue weighted by molar-refractivity contribution is 7.12. The Kier molecular flexibility index (Phi) is 6.05. The van der Waals surface area contributed by atoms with E-state index < -0.39 is 10.2 Å². The lowest BCUT2D eigenvalue weighted by Gasteiger charge is -2.17. The summed E-state index contributed by atoms with van der Waals surface area (Å²) in [6.07, 6.45) is 1.84. The van der Waals surface area contributed by atoms with Crippen molar-refractivity contribution in [1.82, 2.24) is 0 Å². The summed E-state index contributed by atoms with van der Waals surface area (Å²) in [7, 11) is -4.94. The van der Waals surface area contributed by atoms with Gasteiger partial charge in [-0.25, -0.2) is 23.6 Å². The standard InChI is InChI=1S/C18H12N2O2S.ClHO4/c21-13-6-7-16-14(10-13)15(20-18-19-8-9-23-18)11-17(22-16)12-4-2-1-3-5-12;2-1(3,4)5/h1-11,21H;(H,2,3,4,5)/b20-15+;. The van der Waals surface area contributed by atoms with Crippen molar-refractivity contribution in [3.05, 3.63) is 71.5 Å². The predicted molar refractivity (Wildman–Crippen MR) is 89.4 cm³/mol. The molecule has 28 heavy (non-hydrogen) atoms. The van der Waals surface area contributed by atoms with E-state index in [2.05, 4.69) is 9.98 Å². The Morgan fingerprint density at radius 3 is 2.36 bits per heavy atom. The quantitative estimate of drug-likeness (QED) is 0.446. The van der Waals surface area contributed by atoms with Crippen LogP contribution in [0, 0.1) is 10.2 Å². The molecule has 2 N–H and O–H groups in total. The molecule has 10 heteroatoms. The molecule has 0 radical (unpaired) electrons. The number of phenols is 1. The lowest BCUT2D eigenvalue weighted by Crippen LogP contribution is -2.68. The number of aromatic nitrogens is 1. The van der Waals surface area contributed by atoms with Crippen LogP contribution in [0.4, 0.5) is 5.13 Å². The van der Waals surface area contributed by atoms with Crippen molar-refractivity contribution < 1.29 is 43.4 Å². The number of hydrogen-bond acceptors (Lipinski definition) is 8. The van der Waals surface area contributed by atoms with E-state index in [9.17, 15) is 5.11 Å². The third-order valence-corrected chi connectivity index (χ3v) is 4.17. The SMILES string of the molecule is Oc1ccc2oc(-c3ccccc3)c/c(=N\c3[nH+]ccs3)c2c1.[O-][Cl+3]([O-])([O-])[O-]. The predicted octanol–water partition coefficient (Wildman–Crippen LogP) is -0.843. The summed E-state index contributed by atoms with van der Waals surface area (Å²) >= 11 is 1.52. The summed E-state index contributed by atoms with van der Waals surface area (Å²) in [5.41, 5.74) is 1.66. The van der Waals surface area contributed by atoms with Gasteiger partial charge in [0, 0.05) is 17.0 Å². The summed E-state index contributed by atoms with van der Waals surface area (Å²) in [6, 6.07) is 16.8. The number of phenolic OH excluding ortho intramolecular Hbond substituents is 1. The lowest BCUT2D eigenvalue weighted by atomic mass is 10.1. The van der Waals surface area contributed by atoms with Gasteiger partial charge in [-0.1, -0.05) is 41.7 Å². The van der Waals surface area contributed by atoms with Gasteiger partial charge in [0.05, 0.1) is 11.6 Å². The fourth-order valence-electron chi connectivity index (χ4n) is 2.40. The van der Waals surface area contributed by atoms with Crippen molar-refractivity contribution in [1.29, 1.82) is 0 Å². The molecular weight excluding hydrogens is 408 g/mol. The number of nitrogens with one attached hydrogen (secondary N) is 1. The summed E-state index contributed by atoms with van der Waals surface area (Å²) in [5, 5.41) is 14.0. The smallest absolute Gasteiger partial charge is 0.380 e. The van der Waals surface area contributed by atoms with Crippen molar-refractivity contribution in [2.75, 3.05) is 0 Å². The normalized spacial score (nSPS) is 11.9. The second-order valence-corrected chi connectivity index (χ2v) is 7.05. The Morgan fingerprint density at radius 1 is 1.00 bits per heavy atom. The highest BCUT2D eigenvalue weighted by atomic mass is 35.7. The Hall–Kier alpha value is -2.79. The average Bonchev–Trinajstić information content (AvgIpc) is 3.14. The van der Waals surface area contributed by atoms with Crippen molar-refractivity contribution >= 4 is 27.4 Å². The van der Waals surface area contributed by atoms with Gasteiger partial charge in [-0.2, -0.15) is 0 Å². The molecule has 2 aromatic heterocycles. The van der Waals surface area contributed by atoms with Gasteiger partial charge in [-0.15, -0.1) is 10.2 Å². The first-order valence-electron chi connectivity index (χ1n) is 7.73. The van der Waals surface area contributed by atoms with E-state index in [4.69, 9.17) is 23.1 Å². The summed E-state index contributed by atoms with van der Waals surface area (Å²) in [6.45, 7) is 0. The molecule has 0 unspecified atom stereocenters. The van der Waals surface area contributed by atoms with Crippen molar-refractivity contribution in [2.24, 2.45) is 4.99 Å². The van der Waals surface area contributed by atoms with Gasteiger partial charge in [-0.05, 0) is 23.2 Å². The van der Waals surface area contributed by atoms with E-state index in [1.54, 1.807) is 18.2 Å². The summed E-state index contributed by atoms with van der Waals surface area (Å²) < 4.78 is 40.0. The van der Waals surface area contributed by atoms with Crippen LogP contribution in [-0.2, 0) is 0 Å². The van der Waals surface area contributed by atoms with Gasteiger partial charge < -0.3 is 9.52 Å². The van der Waals surface area contributed by atoms with Crippen LogP contribution in [0.5, 0.6) is 5.75 Å². The fourth-order valence-corrected chi connectivity index (χ4v) is 2.95. The number of fused-ring (bicyclic) bond motifs is 1. The molecule has 0 saturated heterocycles. The van der Waals surface area contributed by atoms with Gasteiger partial charge >= 0.3 is 5.13 Å². The van der Waals surface area contributed by atoms with E-state index >= 15 is 0 Å². The Balaban J connectivity index is 0.000000403. The number of thiazole rings is 1. The van der Waals surface area contributed by atoms with Crippen molar-refractivity contribution in [3.63, 3.8) is 0 Å². The van der Waals surface area contributed by atoms with E-state index in [1.807, 2.05) is 48.0 Å². The number of H-pyrrole nitrogens is 1. The molecule has 0 atom stereocenters. The second kappa shape index (κ2) is 8.48. The van der Waals surface area contributed by atoms with Gasteiger partial charge in [-0.3, -0.25) is 0 Å². The Morgan fingerprint density at radius 2 is 1.71 bits per heavy atom. The maximum absolute atomic E-state index is 9.78. The molecule has 4 rings (SSSR count). The zero-order valence-electron chi connectivity index (χ0n) is 14.1. The molecule has 8 nitrogen and oxygen atoms in total. The summed E-state index contributed by atoms with van der Waals surface area (Å²) in [4.78, 5) is 7.73. The number of benzene rings is 2. The number of halogens is 1. The zero-order valence-corrected chi connectivity index (χ0v) is 15.6. The minimum atomic E-state index is -4.94. The van der Waals surface area contributed by atoms with E-state index in [0.717, 1.165) is 27.2 Å². The van der Waals surface area contributed by atoms with Gasteiger partial charge in [0.2, 0.25) is 0 Å². The molecule has 0 aliphatic heterocycles. The topological polar surface area (TPSA) is 152 Å². The molecule has 2 heterocycles. The molecule has 0 spiro atoms. The van der Waals surface area contributed by atoms with Gasteiger partial charge in [0.15, 0.2) is 5.36 Å². The number of nitrogens with zero attached hydrogens (tertiary/aromatic N) is 1. The van der Waals surface area contributed by atoms with Crippen LogP contribution in [0.15, 0.2) is 75.6 Å². The maximum Gasteiger partial charge on any atom is 0.380 e. The first-order valence-corrected chi connectivity index (χ1v) is 9.85. The van der Waals surface area contributed by atoms with Crippen LogP contribution in [0.1, 0.15) is 0 Å². The number of aromatic hydroxyl groups is 1. The van der Waals surface area contributed by atoms with Crippen LogP contribution in [0.3, 0.4) is 0 Å². The average molecular weight is 421 g/mol. The molecule has 144 valence electrons. The maximum atomic E-state index is 9.78. The fraction of sp³-hybridized carbons (Fsp3) is 0. The number of aromatic amines is 1. The highest BCUT2D eigenvalue weighted by Gasteiger charge is 2.11. The second-order valence-electron chi connectivity index (χ2n) is 5.40. The third-order valence-electron chi connectivity index (χ3n) is 3.46. The van der Waals surface area contributed by atoms with Gasteiger partial charge in [0.25, 0.3) is 0 Å². The molecule has 0 aliphatic carbocycles. The first kappa shape index (κ1) is 20.0. The minimum Gasteiger partial charge on any atom is -0.508 e. The third kappa shape index (κ3) is 5.60.